The second-order valence-corrected chi connectivity index (χ2v) is 3.05. The molecule has 0 saturated carbocycles. The highest BCUT2D eigenvalue weighted by Gasteiger charge is 2.07. The first-order valence-electron chi connectivity index (χ1n) is 4.08. The van der Waals surface area contributed by atoms with E-state index < -0.39 is 0 Å². The average Bonchev–Trinajstić information content (AvgIpc) is 2.71. The molecule has 0 unspecified atom stereocenters. The van der Waals surface area contributed by atoms with Crippen LogP contribution in [0.15, 0.2) is 10.8 Å². The molecule has 0 fully saturated rings. The summed E-state index contributed by atoms with van der Waals surface area (Å²) in [4.78, 5) is 0. The van der Waals surface area contributed by atoms with E-state index in [1.54, 1.807) is 6.26 Å². The van der Waals surface area contributed by atoms with Crippen LogP contribution in [0.1, 0.15) is 22.5 Å². The maximum atomic E-state index is 4.69. The Labute approximate surface area is 75.9 Å². The Morgan fingerprint density at radius 2 is 2.38 bits per heavy atom. The van der Waals surface area contributed by atoms with Gasteiger partial charge in [-0.2, -0.15) is 5.10 Å². The summed E-state index contributed by atoms with van der Waals surface area (Å²) < 4.78 is 4.69. The van der Waals surface area contributed by atoms with Crippen molar-refractivity contribution in [2.24, 2.45) is 0 Å². The normalized spacial score (nSPS) is 10.6. The second kappa shape index (κ2) is 3.05. The van der Waals surface area contributed by atoms with E-state index in [4.69, 9.17) is 0 Å². The zero-order valence-electron chi connectivity index (χ0n) is 7.59. The van der Waals surface area contributed by atoms with E-state index in [1.165, 1.54) is 5.56 Å². The molecule has 0 aliphatic rings. The SMILES string of the molecule is Cc1[nH]nc(Cc2[c]noc2)c1C. The Morgan fingerprint density at radius 3 is 2.92 bits per heavy atom. The molecule has 0 aliphatic heterocycles. The Bertz CT molecular complexity index is 389. The summed E-state index contributed by atoms with van der Waals surface area (Å²) in [6.07, 6.45) is 5.06. The molecule has 0 amide bonds. The van der Waals surface area contributed by atoms with Crippen molar-refractivity contribution < 1.29 is 4.52 Å². The van der Waals surface area contributed by atoms with Gasteiger partial charge in [0.05, 0.1) is 5.69 Å². The summed E-state index contributed by atoms with van der Waals surface area (Å²) in [5, 5.41) is 10.6. The summed E-state index contributed by atoms with van der Waals surface area (Å²) in [5.41, 5.74) is 4.24. The number of aromatic nitrogens is 3. The number of rotatable bonds is 2. The van der Waals surface area contributed by atoms with Crippen LogP contribution in [0.2, 0.25) is 0 Å². The molecule has 1 radical (unpaired) electrons. The Balaban J connectivity index is 2.24. The van der Waals surface area contributed by atoms with E-state index in [1.807, 2.05) is 13.8 Å². The lowest BCUT2D eigenvalue weighted by atomic mass is 10.1. The van der Waals surface area contributed by atoms with Crippen LogP contribution in [0, 0.1) is 20.0 Å². The lowest BCUT2D eigenvalue weighted by Gasteiger charge is -1.92. The Morgan fingerprint density at radius 1 is 1.54 bits per heavy atom. The van der Waals surface area contributed by atoms with Crippen molar-refractivity contribution in [1.29, 1.82) is 0 Å². The molecule has 4 heteroatoms. The van der Waals surface area contributed by atoms with Gasteiger partial charge in [-0.15, -0.1) is 0 Å². The number of hydrogen-bond donors (Lipinski definition) is 1. The molecule has 0 saturated heterocycles. The van der Waals surface area contributed by atoms with Crippen molar-refractivity contribution in [3.8, 4) is 0 Å². The third-order valence-corrected chi connectivity index (χ3v) is 2.15. The fourth-order valence-electron chi connectivity index (χ4n) is 1.17. The van der Waals surface area contributed by atoms with Crippen molar-refractivity contribution in [2.45, 2.75) is 20.3 Å². The van der Waals surface area contributed by atoms with E-state index in [9.17, 15) is 0 Å². The van der Waals surface area contributed by atoms with E-state index >= 15 is 0 Å². The number of nitrogens with zero attached hydrogens (tertiary/aromatic N) is 2. The molecule has 0 aromatic carbocycles. The van der Waals surface area contributed by atoms with Gasteiger partial charge < -0.3 is 4.52 Å². The third-order valence-electron chi connectivity index (χ3n) is 2.15. The molecule has 0 bridgehead atoms. The van der Waals surface area contributed by atoms with E-state index in [0.29, 0.717) is 0 Å². The summed E-state index contributed by atoms with van der Waals surface area (Å²) >= 11 is 0. The first kappa shape index (κ1) is 8.04. The van der Waals surface area contributed by atoms with E-state index in [0.717, 1.165) is 23.4 Å². The largest absolute Gasteiger partial charge is 0.364 e. The van der Waals surface area contributed by atoms with E-state index in [2.05, 4.69) is 26.1 Å². The quantitative estimate of drug-likeness (QED) is 0.752. The predicted molar refractivity (Wildman–Crippen MR) is 46.2 cm³/mol. The first-order valence-corrected chi connectivity index (χ1v) is 4.08. The number of H-pyrrole nitrogens is 1. The summed E-state index contributed by atoms with van der Waals surface area (Å²) in [6.45, 7) is 4.05. The second-order valence-electron chi connectivity index (χ2n) is 3.05. The van der Waals surface area contributed by atoms with Crippen LogP contribution in [0.25, 0.3) is 0 Å². The van der Waals surface area contributed by atoms with Gasteiger partial charge in [-0.3, -0.25) is 5.10 Å². The molecule has 1 N–H and O–H groups in total. The zero-order chi connectivity index (χ0) is 9.26. The minimum absolute atomic E-state index is 0.722. The van der Waals surface area contributed by atoms with Crippen LogP contribution < -0.4 is 0 Å². The first-order chi connectivity index (χ1) is 6.27. The molecule has 4 nitrogen and oxygen atoms in total. The van der Waals surface area contributed by atoms with Gasteiger partial charge >= 0.3 is 0 Å². The molecule has 67 valence electrons. The molecule has 13 heavy (non-hydrogen) atoms. The van der Waals surface area contributed by atoms with Crippen molar-refractivity contribution in [1.82, 2.24) is 15.4 Å². The summed E-state index contributed by atoms with van der Waals surface area (Å²) in [7, 11) is 0. The molecule has 2 aromatic heterocycles. The molecule has 0 spiro atoms. The van der Waals surface area contributed by atoms with Crippen molar-refractivity contribution >= 4 is 0 Å². The minimum Gasteiger partial charge on any atom is -0.364 e. The van der Waals surface area contributed by atoms with Crippen LogP contribution in [0.4, 0.5) is 0 Å². The summed E-state index contributed by atoms with van der Waals surface area (Å²) in [5.74, 6) is 0. The lowest BCUT2D eigenvalue weighted by molar-refractivity contribution is 0.417. The highest BCUT2D eigenvalue weighted by atomic mass is 16.5. The lowest BCUT2D eigenvalue weighted by Crippen LogP contribution is -1.89. The smallest absolute Gasteiger partial charge is 0.139 e. The van der Waals surface area contributed by atoms with Gasteiger partial charge in [-0.1, -0.05) is 5.16 Å². The Kier molecular flexibility index (Phi) is 1.88. The van der Waals surface area contributed by atoms with Crippen LogP contribution in [-0.4, -0.2) is 15.4 Å². The molecule has 0 aliphatic carbocycles. The van der Waals surface area contributed by atoms with Crippen LogP contribution in [0.3, 0.4) is 0 Å². The molecule has 0 atom stereocenters. The number of nitrogens with one attached hydrogen (secondary N) is 1. The van der Waals surface area contributed by atoms with Gasteiger partial charge in [0.25, 0.3) is 0 Å². The fraction of sp³-hybridized carbons (Fsp3) is 0.333. The predicted octanol–water partition coefficient (Wildman–Crippen LogP) is 1.41. The van der Waals surface area contributed by atoms with E-state index in [-0.39, 0.29) is 0 Å². The summed E-state index contributed by atoms with van der Waals surface area (Å²) in [6, 6.07) is 0. The van der Waals surface area contributed by atoms with Crippen LogP contribution in [0.5, 0.6) is 0 Å². The monoisotopic (exact) mass is 176 g/mol. The number of aryl methyl sites for hydroxylation is 1. The van der Waals surface area contributed by atoms with Crippen molar-refractivity contribution in [2.75, 3.05) is 0 Å². The topological polar surface area (TPSA) is 54.7 Å². The minimum atomic E-state index is 0.722. The van der Waals surface area contributed by atoms with Gasteiger partial charge in [0.1, 0.15) is 12.5 Å². The standard InChI is InChI=1S/C9H10N3O/c1-6-7(2)11-12-9(6)3-8-4-10-13-5-8/h5H,3H2,1-2H3,(H,11,12). The molecule has 2 rings (SSSR count). The van der Waals surface area contributed by atoms with Gasteiger partial charge in [0.15, 0.2) is 0 Å². The highest BCUT2D eigenvalue weighted by molar-refractivity contribution is 5.26. The van der Waals surface area contributed by atoms with Crippen molar-refractivity contribution in [3.05, 3.63) is 35.0 Å². The highest BCUT2D eigenvalue weighted by Crippen LogP contribution is 2.12. The maximum absolute atomic E-state index is 4.69. The van der Waals surface area contributed by atoms with Crippen LogP contribution >= 0.6 is 0 Å². The average molecular weight is 176 g/mol. The number of hydrogen-bond acceptors (Lipinski definition) is 3. The molecular weight excluding hydrogens is 166 g/mol. The Hall–Kier alpha value is -1.58. The van der Waals surface area contributed by atoms with Gasteiger partial charge in [0, 0.05) is 17.7 Å². The van der Waals surface area contributed by atoms with Crippen molar-refractivity contribution in [3.63, 3.8) is 0 Å². The third kappa shape index (κ3) is 1.47. The van der Waals surface area contributed by atoms with Gasteiger partial charge in [-0.05, 0) is 19.4 Å². The zero-order valence-corrected chi connectivity index (χ0v) is 7.59. The molecule has 2 aromatic rings. The molecule has 2 heterocycles. The number of aromatic amines is 1. The van der Waals surface area contributed by atoms with Gasteiger partial charge in [-0.25, -0.2) is 0 Å². The molecular formula is C9H10N3O. The fourth-order valence-corrected chi connectivity index (χ4v) is 1.17. The van der Waals surface area contributed by atoms with Crippen LogP contribution in [-0.2, 0) is 6.42 Å². The maximum Gasteiger partial charge on any atom is 0.139 e. The van der Waals surface area contributed by atoms with Gasteiger partial charge in [0.2, 0.25) is 0 Å².